The molecule has 0 aliphatic heterocycles. The number of carbonyl (C=O) groups excluding carboxylic acids is 1. The van der Waals surface area contributed by atoms with Crippen molar-refractivity contribution in [2.45, 2.75) is 13.8 Å². The minimum atomic E-state index is -0.377. The van der Waals surface area contributed by atoms with Crippen LogP contribution < -0.4 is 4.74 Å². The van der Waals surface area contributed by atoms with Crippen LogP contribution in [0.3, 0.4) is 0 Å². The molecular formula is C15H16O4. The van der Waals surface area contributed by atoms with Crippen LogP contribution in [-0.4, -0.2) is 19.2 Å². The first-order chi connectivity index (χ1) is 9.22. The molecule has 100 valence electrons. The molecule has 4 heteroatoms. The molecule has 0 fully saturated rings. The third kappa shape index (κ3) is 3.37. The molecule has 1 aromatic heterocycles. The molecule has 0 radical (unpaired) electrons. The average Bonchev–Trinajstić information content (AvgIpc) is 2.79. The van der Waals surface area contributed by atoms with E-state index >= 15 is 0 Å². The Kier molecular flexibility index (Phi) is 4.23. The molecule has 0 amide bonds. The zero-order valence-corrected chi connectivity index (χ0v) is 11.0. The van der Waals surface area contributed by atoms with Crippen molar-refractivity contribution in [1.82, 2.24) is 0 Å². The molecule has 0 bridgehead atoms. The Labute approximate surface area is 111 Å². The summed E-state index contributed by atoms with van der Waals surface area (Å²) in [5, 5.41) is 0.939. The maximum absolute atomic E-state index is 11.2. The van der Waals surface area contributed by atoms with Crippen LogP contribution in [-0.2, 0) is 9.53 Å². The number of hydrogen-bond donors (Lipinski definition) is 0. The first kappa shape index (κ1) is 13.2. The van der Waals surface area contributed by atoms with Crippen molar-refractivity contribution in [1.29, 1.82) is 0 Å². The van der Waals surface area contributed by atoms with Crippen molar-refractivity contribution in [2.24, 2.45) is 0 Å². The summed E-state index contributed by atoms with van der Waals surface area (Å²) in [7, 11) is 0. The van der Waals surface area contributed by atoms with Crippen molar-refractivity contribution < 1.29 is 18.7 Å². The van der Waals surface area contributed by atoms with Gasteiger partial charge in [0.05, 0.1) is 13.2 Å². The van der Waals surface area contributed by atoms with Crippen molar-refractivity contribution in [3.63, 3.8) is 0 Å². The van der Waals surface area contributed by atoms with E-state index in [-0.39, 0.29) is 5.97 Å². The molecular weight excluding hydrogens is 244 g/mol. The fraction of sp³-hybridized carbons (Fsp3) is 0.267. The molecule has 19 heavy (non-hydrogen) atoms. The summed E-state index contributed by atoms with van der Waals surface area (Å²) >= 11 is 0. The Morgan fingerprint density at radius 1 is 1.26 bits per heavy atom. The quantitative estimate of drug-likeness (QED) is 0.610. The van der Waals surface area contributed by atoms with Gasteiger partial charge < -0.3 is 13.9 Å². The smallest absolute Gasteiger partial charge is 0.330 e. The highest BCUT2D eigenvalue weighted by Crippen LogP contribution is 2.24. The van der Waals surface area contributed by atoms with E-state index in [1.165, 1.54) is 6.08 Å². The molecule has 1 heterocycles. The number of carbonyl (C=O) groups is 1. The molecule has 0 saturated heterocycles. The van der Waals surface area contributed by atoms with E-state index in [2.05, 4.69) is 0 Å². The molecule has 2 rings (SSSR count). The van der Waals surface area contributed by atoms with Crippen LogP contribution in [0.1, 0.15) is 19.6 Å². The molecule has 0 aliphatic rings. The summed E-state index contributed by atoms with van der Waals surface area (Å²) in [5.74, 6) is 1.03. The fourth-order valence-corrected chi connectivity index (χ4v) is 1.72. The lowest BCUT2D eigenvalue weighted by molar-refractivity contribution is -0.137. The SMILES string of the molecule is CCOC(=O)/C=C/c1cc2cc(OCC)ccc2o1. The lowest BCUT2D eigenvalue weighted by Crippen LogP contribution is -1.98. The maximum Gasteiger partial charge on any atom is 0.330 e. The highest BCUT2D eigenvalue weighted by Gasteiger charge is 2.04. The van der Waals surface area contributed by atoms with Gasteiger partial charge in [-0.3, -0.25) is 0 Å². The molecule has 2 aromatic rings. The minimum Gasteiger partial charge on any atom is -0.494 e. The Hall–Kier alpha value is -2.23. The van der Waals surface area contributed by atoms with Crippen molar-refractivity contribution in [3.8, 4) is 5.75 Å². The Morgan fingerprint density at radius 2 is 2.11 bits per heavy atom. The molecule has 0 unspecified atom stereocenters. The molecule has 0 atom stereocenters. The summed E-state index contributed by atoms with van der Waals surface area (Å²) in [6.07, 6.45) is 2.95. The largest absolute Gasteiger partial charge is 0.494 e. The number of furan rings is 1. The van der Waals surface area contributed by atoms with Crippen LogP contribution in [0.2, 0.25) is 0 Å². The second kappa shape index (κ2) is 6.09. The zero-order chi connectivity index (χ0) is 13.7. The van der Waals surface area contributed by atoms with Crippen LogP contribution in [0.25, 0.3) is 17.0 Å². The third-order valence-electron chi connectivity index (χ3n) is 2.49. The van der Waals surface area contributed by atoms with Gasteiger partial charge in [-0.15, -0.1) is 0 Å². The minimum absolute atomic E-state index is 0.362. The Balaban J connectivity index is 2.19. The van der Waals surface area contributed by atoms with E-state index in [1.54, 1.807) is 13.0 Å². The van der Waals surface area contributed by atoms with E-state index < -0.39 is 0 Å². The summed E-state index contributed by atoms with van der Waals surface area (Å²) < 4.78 is 15.8. The number of fused-ring (bicyclic) bond motifs is 1. The number of esters is 1. The number of hydrogen-bond acceptors (Lipinski definition) is 4. The van der Waals surface area contributed by atoms with Gasteiger partial charge in [-0.2, -0.15) is 0 Å². The molecule has 4 nitrogen and oxygen atoms in total. The van der Waals surface area contributed by atoms with Gasteiger partial charge in [0.2, 0.25) is 0 Å². The molecule has 0 spiro atoms. The Morgan fingerprint density at radius 3 is 2.84 bits per heavy atom. The second-order valence-electron chi connectivity index (χ2n) is 3.87. The van der Waals surface area contributed by atoms with Gasteiger partial charge in [-0.25, -0.2) is 4.79 Å². The first-order valence-electron chi connectivity index (χ1n) is 6.24. The van der Waals surface area contributed by atoms with E-state index in [4.69, 9.17) is 13.9 Å². The predicted octanol–water partition coefficient (Wildman–Crippen LogP) is 3.41. The van der Waals surface area contributed by atoms with Gasteiger partial charge in [0.1, 0.15) is 17.1 Å². The summed E-state index contributed by atoms with van der Waals surface area (Å²) in [4.78, 5) is 11.2. The van der Waals surface area contributed by atoms with Gasteiger partial charge >= 0.3 is 5.97 Å². The zero-order valence-electron chi connectivity index (χ0n) is 11.0. The normalized spacial score (nSPS) is 11.1. The van der Waals surface area contributed by atoms with Gasteiger partial charge in [-0.05, 0) is 44.2 Å². The van der Waals surface area contributed by atoms with Crippen LogP contribution in [0.5, 0.6) is 5.75 Å². The lowest BCUT2D eigenvalue weighted by Gasteiger charge is -2.00. The number of benzene rings is 1. The predicted molar refractivity (Wildman–Crippen MR) is 73.1 cm³/mol. The van der Waals surface area contributed by atoms with Gasteiger partial charge in [-0.1, -0.05) is 0 Å². The van der Waals surface area contributed by atoms with Gasteiger partial charge in [0.15, 0.2) is 0 Å². The highest BCUT2D eigenvalue weighted by atomic mass is 16.5. The maximum atomic E-state index is 11.2. The van der Waals surface area contributed by atoms with Crippen LogP contribution in [0.15, 0.2) is 34.8 Å². The molecule has 0 aliphatic carbocycles. The second-order valence-corrected chi connectivity index (χ2v) is 3.87. The Bertz CT molecular complexity index is 595. The van der Waals surface area contributed by atoms with Gasteiger partial charge in [0.25, 0.3) is 0 Å². The summed E-state index contributed by atoms with van der Waals surface area (Å²) in [6.45, 7) is 4.69. The molecule has 0 N–H and O–H groups in total. The number of rotatable bonds is 5. The van der Waals surface area contributed by atoms with E-state index in [0.717, 1.165) is 16.7 Å². The number of ether oxygens (including phenoxy) is 2. The topological polar surface area (TPSA) is 48.7 Å². The molecule has 1 aromatic carbocycles. The van der Waals surface area contributed by atoms with Gasteiger partial charge in [0, 0.05) is 11.5 Å². The summed E-state index contributed by atoms with van der Waals surface area (Å²) in [6, 6.07) is 7.47. The first-order valence-corrected chi connectivity index (χ1v) is 6.24. The third-order valence-corrected chi connectivity index (χ3v) is 2.49. The van der Waals surface area contributed by atoms with E-state index in [0.29, 0.717) is 19.0 Å². The monoisotopic (exact) mass is 260 g/mol. The average molecular weight is 260 g/mol. The summed E-state index contributed by atoms with van der Waals surface area (Å²) in [5.41, 5.74) is 0.756. The van der Waals surface area contributed by atoms with Crippen LogP contribution in [0, 0.1) is 0 Å². The van der Waals surface area contributed by atoms with Crippen molar-refractivity contribution in [3.05, 3.63) is 36.1 Å². The molecule has 0 saturated carbocycles. The highest BCUT2D eigenvalue weighted by molar-refractivity contribution is 5.88. The lowest BCUT2D eigenvalue weighted by atomic mass is 10.2. The van der Waals surface area contributed by atoms with Crippen LogP contribution >= 0.6 is 0 Å². The van der Waals surface area contributed by atoms with Crippen molar-refractivity contribution >= 4 is 23.0 Å². The van der Waals surface area contributed by atoms with Crippen LogP contribution in [0.4, 0.5) is 0 Å². The van der Waals surface area contributed by atoms with E-state index in [1.807, 2.05) is 31.2 Å². The van der Waals surface area contributed by atoms with E-state index in [9.17, 15) is 4.79 Å². The fourth-order valence-electron chi connectivity index (χ4n) is 1.72. The standard InChI is InChI=1S/C15H16O4/c1-3-17-12-5-7-14-11(9-12)10-13(19-14)6-8-15(16)18-4-2/h5-10H,3-4H2,1-2H3/b8-6+. The van der Waals surface area contributed by atoms with Crippen molar-refractivity contribution in [2.75, 3.05) is 13.2 Å².